The van der Waals surface area contributed by atoms with E-state index in [-0.39, 0.29) is 22.6 Å². The Kier molecular flexibility index (Phi) is 6.98. The monoisotopic (exact) mass is 405 g/mol. The van der Waals surface area contributed by atoms with E-state index in [0.29, 0.717) is 17.6 Å². The summed E-state index contributed by atoms with van der Waals surface area (Å²) >= 11 is 1.27. The van der Waals surface area contributed by atoms with Crippen molar-refractivity contribution in [3.63, 3.8) is 0 Å². The maximum Gasteiger partial charge on any atom is 0.230 e. The number of ether oxygens (including phenoxy) is 1. The number of nitrogen functional groups attached to an aromatic ring is 1. The number of benzene rings is 1. The van der Waals surface area contributed by atoms with Gasteiger partial charge in [0.1, 0.15) is 5.75 Å². The summed E-state index contributed by atoms with van der Waals surface area (Å²) in [6.45, 7) is 13.1. The number of nitrogens with zero attached hydrogens (tertiary/aromatic N) is 3. The number of nitrogens with two attached hydrogens (primary N) is 1. The van der Waals surface area contributed by atoms with Gasteiger partial charge in [-0.25, -0.2) is 4.68 Å². The highest BCUT2D eigenvalue weighted by atomic mass is 32.2. The Hall–Kier alpha value is -2.22. The maximum atomic E-state index is 12.4. The fourth-order valence-corrected chi connectivity index (χ4v) is 4.01. The molecule has 154 valence electrons. The van der Waals surface area contributed by atoms with Gasteiger partial charge in [0.2, 0.25) is 11.1 Å². The molecule has 0 radical (unpaired) electrons. The lowest BCUT2D eigenvalue weighted by Crippen LogP contribution is -2.46. The van der Waals surface area contributed by atoms with Gasteiger partial charge in [-0.05, 0) is 56.9 Å². The second kappa shape index (κ2) is 8.86. The summed E-state index contributed by atoms with van der Waals surface area (Å²) in [5.41, 5.74) is 0.689. The predicted octanol–water partition coefficient (Wildman–Crippen LogP) is 3.48. The Bertz CT molecular complexity index is 794. The van der Waals surface area contributed by atoms with Crippen molar-refractivity contribution in [2.45, 2.75) is 58.7 Å². The topological polar surface area (TPSA) is 95.1 Å². The molecule has 0 spiro atoms. The molecule has 0 aliphatic rings. The van der Waals surface area contributed by atoms with Crippen molar-refractivity contribution in [2.24, 2.45) is 5.41 Å². The third-order valence-electron chi connectivity index (χ3n) is 3.87. The van der Waals surface area contributed by atoms with Crippen LogP contribution in [0.25, 0.3) is 11.4 Å². The van der Waals surface area contributed by atoms with Gasteiger partial charge in [0.15, 0.2) is 5.82 Å². The smallest absolute Gasteiger partial charge is 0.230 e. The first-order chi connectivity index (χ1) is 13.0. The molecule has 7 nitrogen and oxygen atoms in total. The first-order valence-electron chi connectivity index (χ1n) is 9.38. The average Bonchev–Trinajstić information content (AvgIpc) is 2.92. The van der Waals surface area contributed by atoms with Crippen molar-refractivity contribution in [3.8, 4) is 17.1 Å². The molecular formula is C20H31N5O2S. The molecular weight excluding hydrogens is 374 g/mol. The Balaban J connectivity index is 1.98. The second-order valence-corrected chi connectivity index (χ2v) is 9.53. The zero-order valence-corrected chi connectivity index (χ0v) is 18.4. The number of thioether (sulfide) groups is 1. The number of aromatic nitrogens is 3. The van der Waals surface area contributed by atoms with Gasteiger partial charge in [-0.15, -0.1) is 10.2 Å². The molecule has 8 heteroatoms. The third kappa shape index (κ3) is 6.44. The molecule has 0 saturated heterocycles. The first-order valence-corrected chi connectivity index (χ1v) is 10.4. The standard InChI is InChI=1S/C20H31N5O2S/c1-7-27-15-10-8-14(9-11-15)17-23-24-18(25(17)21)28-12-16(26)22-20(5,6)13-19(2,3)4/h8-11H,7,12-13,21H2,1-6H3,(H,22,26). The Labute approximate surface area is 171 Å². The summed E-state index contributed by atoms with van der Waals surface area (Å²) in [5, 5.41) is 11.9. The average molecular weight is 406 g/mol. The first kappa shape index (κ1) is 22.1. The molecule has 1 amide bonds. The van der Waals surface area contributed by atoms with Crippen molar-refractivity contribution >= 4 is 17.7 Å². The molecule has 2 rings (SSSR count). The number of rotatable bonds is 8. The minimum Gasteiger partial charge on any atom is -0.494 e. The molecule has 3 N–H and O–H groups in total. The Morgan fingerprint density at radius 3 is 2.39 bits per heavy atom. The molecule has 0 atom stereocenters. The molecule has 1 aromatic carbocycles. The fourth-order valence-electron chi connectivity index (χ4n) is 3.35. The van der Waals surface area contributed by atoms with Gasteiger partial charge >= 0.3 is 0 Å². The van der Waals surface area contributed by atoms with E-state index in [9.17, 15) is 4.79 Å². The van der Waals surface area contributed by atoms with Gasteiger partial charge in [-0.1, -0.05) is 32.5 Å². The number of carbonyl (C=O) groups excluding carboxylic acids is 1. The van der Waals surface area contributed by atoms with Gasteiger partial charge in [-0.3, -0.25) is 4.79 Å². The number of amides is 1. The van der Waals surface area contributed by atoms with Crippen molar-refractivity contribution in [2.75, 3.05) is 18.2 Å². The predicted molar refractivity (Wildman–Crippen MR) is 114 cm³/mol. The molecule has 0 saturated carbocycles. The normalized spacial score (nSPS) is 12.1. The number of hydrogen-bond donors (Lipinski definition) is 2. The summed E-state index contributed by atoms with van der Waals surface area (Å²) in [6.07, 6.45) is 0.880. The van der Waals surface area contributed by atoms with Crippen LogP contribution in [-0.4, -0.2) is 38.7 Å². The van der Waals surface area contributed by atoms with Crippen LogP contribution in [0, 0.1) is 5.41 Å². The van der Waals surface area contributed by atoms with E-state index in [0.717, 1.165) is 17.7 Å². The molecule has 28 heavy (non-hydrogen) atoms. The van der Waals surface area contributed by atoms with Crippen molar-refractivity contribution in [1.82, 2.24) is 20.2 Å². The zero-order valence-electron chi connectivity index (χ0n) is 17.6. The Morgan fingerprint density at radius 2 is 1.82 bits per heavy atom. The van der Waals surface area contributed by atoms with E-state index in [1.165, 1.54) is 16.4 Å². The van der Waals surface area contributed by atoms with E-state index in [2.05, 4.69) is 36.3 Å². The van der Waals surface area contributed by atoms with Gasteiger partial charge in [-0.2, -0.15) is 0 Å². The highest BCUT2D eigenvalue weighted by Crippen LogP contribution is 2.27. The molecule has 0 unspecified atom stereocenters. The SMILES string of the molecule is CCOc1ccc(-c2nnc(SCC(=O)NC(C)(C)CC(C)(C)C)n2N)cc1. The van der Waals surface area contributed by atoms with Crippen LogP contribution in [-0.2, 0) is 4.79 Å². The minimum absolute atomic E-state index is 0.0510. The third-order valence-corrected chi connectivity index (χ3v) is 4.81. The minimum atomic E-state index is -0.278. The molecule has 0 aliphatic heterocycles. The number of carbonyl (C=O) groups is 1. The number of hydrogen-bond acceptors (Lipinski definition) is 6. The van der Waals surface area contributed by atoms with E-state index < -0.39 is 0 Å². The maximum absolute atomic E-state index is 12.4. The van der Waals surface area contributed by atoms with Gasteiger partial charge < -0.3 is 15.9 Å². The van der Waals surface area contributed by atoms with Crippen LogP contribution in [0.15, 0.2) is 29.4 Å². The van der Waals surface area contributed by atoms with Crippen molar-refractivity contribution < 1.29 is 9.53 Å². The van der Waals surface area contributed by atoms with Crippen LogP contribution in [0.3, 0.4) is 0 Å². The molecule has 1 heterocycles. The van der Waals surface area contributed by atoms with E-state index in [4.69, 9.17) is 10.6 Å². The highest BCUT2D eigenvalue weighted by Gasteiger charge is 2.27. The van der Waals surface area contributed by atoms with E-state index >= 15 is 0 Å². The van der Waals surface area contributed by atoms with Crippen molar-refractivity contribution in [3.05, 3.63) is 24.3 Å². The Morgan fingerprint density at radius 1 is 1.18 bits per heavy atom. The molecule has 2 aromatic rings. The van der Waals surface area contributed by atoms with Crippen LogP contribution in [0.2, 0.25) is 0 Å². The summed E-state index contributed by atoms with van der Waals surface area (Å²) < 4.78 is 6.85. The quantitative estimate of drug-likeness (QED) is 0.516. The summed E-state index contributed by atoms with van der Waals surface area (Å²) in [4.78, 5) is 12.4. The van der Waals surface area contributed by atoms with Crippen LogP contribution in [0.5, 0.6) is 5.75 Å². The summed E-state index contributed by atoms with van der Waals surface area (Å²) in [5.74, 6) is 7.65. The van der Waals surface area contributed by atoms with Crippen LogP contribution >= 0.6 is 11.8 Å². The van der Waals surface area contributed by atoms with Gasteiger partial charge in [0.25, 0.3) is 0 Å². The lowest BCUT2D eigenvalue weighted by atomic mass is 9.82. The molecule has 0 aliphatic carbocycles. The summed E-state index contributed by atoms with van der Waals surface area (Å²) in [7, 11) is 0. The van der Waals surface area contributed by atoms with Gasteiger partial charge in [0.05, 0.1) is 12.4 Å². The lowest BCUT2D eigenvalue weighted by Gasteiger charge is -2.33. The zero-order chi connectivity index (χ0) is 20.9. The number of nitrogens with one attached hydrogen (secondary N) is 1. The van der Waals surface area contributed by atoms with Crippen LogP contribution in [0.1, 0.15) is 48.0 Å². The summed E-state index contributed by atoms with van der Waals surface area (Å²) in [6, 6.07) is 7.50. The largest absolute Gasteiger partial charge is 0.494 e. The molecule has 0 bridgehead atoms. The van der Waals surface area contributed by atoms with E-state index in [1.54, 1.807) is 0 Å². The van der Waals surface area contributed by atoms with E-state index in [1.807, 2.05) is 45.0 Å². The van der Waals surface area contributed by atoms with Gasteiger partial charge in [0, 0.05) is 11.1 Å². The van der Waals surface area contributed by atoms with Crippen LogP contribution in [0.4, 0.5) is 0 Å². The lowest BCUT2D eigenvalue weighted by molar-refractivity contribution is -0.120. The highest BCUT2D eigenvalue weighted by molar-refractivity contribution is 7.99. The molecule has 0 fully saturated rings. The second-order valence-electron chi connectivity index (χ2n) is 8.59. The molecule has 1 aromatic heterocycles. The van der Waals surface area contributed by atoms with Crippen LogP contribution < -0.4 is 15.9 Å². The van der Waals surface area contributed by atoms with Crippen molar-refractivity contribution in [1.29, 1.82) is 0 Å². The fraction of sp³-hybridized carbons (Fsp3) is 0.550.